The summed E-state index contributed by atoms with van der Waals surface area (Å²) in [6.07, 6.45) is 5.25. The number of rotatable bonds is 4. The van der Waals surface area contributed by atoms with Crippen molar-refractivity contribution < 1.29 is 16.0 Å². The fraction of sp³-hybridized carbons (Fsp3) is 0.500. The van der Waals surface area contributed by atoms with E-state index < -0.39 is 0 Å². The van der Waals surface area contributed by atoms with Crippen molar-refractivity contribution >= 4 is 58.2 Å². The summed E-state index contributed by atoms with van der Waals surface area (Å²) in [4.78, 5) is 16.7. The van der Waals surface area contributed by atoms with Gasteiger partial charge in [-0.05, 0) is 46.2 Å². The van der Waals surface area contributed by atoms with Gasteiger partial charge >= 0.3 is 0 Å². The number of halogens is 4. The summed E-state index contributed by atoms with van der Waals surface area (Å²) < 4.78 is 10.9. The molecule has 0 fully saturated rings. The maximum absolute atomic E-state index is 8.07. The summed E-state index contributed by atoms with van der Waals surface area (Å²) in [5.41, 5.74) is 1.16. The van der Waals surface area contributed by atoms with E-state index in [1.165, 1.54) is 0 Å². The minimum atomic E-state index is -0.179. The van der Waals surface area contributed by atoms with E-state index >= 15 is 0 Å². The Hall–Kier alpha value is -1.64. The van der Waals surface area contributed by atoms with Crippen LogP contribution in [-0.4, -0.2) is 57.8 Å². The minimum Gasteiger partial charge on any atom is -1.00 e. The summed E-state index contributed by atoms with van der Waals surface area (Å²) in [5.74, 6) is 1.15. The maximum Gasteiger partial charge on any atom is 0.218 e. The number of ether oxygens (including phenoxy) is 2. The second-order valence-corrected chi connectivity index (χ2v) is 10.6. The molecule has 2 aliphatic heterocycles. The standard InChI is InChI=1S/2C10H10Cl2N2O.C4H10O.H/c2*1-10(2)5-15-9(14-10)6-3-7(11)8(12)13-4-6;1-2-3-4-5;/h2*3-4H,5H2,1-2H3;5H,2-4H2,1H3;/q;;;-1/i;;;1+2. The predicted octanol–water partition coefficient (Wildman–Crippen LogP) is 6.78. The van der Waals surface area contributed by atoms with Crippen LogP contribution in [0, 0.1) is 0 Å². The first-order valence-electron chi connectivity index (χ1n) is 11.1. The van der Waals surface area contributed by atoms with Crippen molar-refractivity contribution in [2.75, 3.05) is 19.8 Å². The molecular weight excluding hydrogens is 534 g/mol. The van der Waals surface area contributed by atoms with Crippen LogP contribution in [0.3, 0.4) is 0 Å². The topological polar surface area (TPSA) is 89.2 Å². The molecule has 0 unspecified atom stereocenters. The molecule has 0 aromatic carbocycles. The van der Waals surface area contributed by atoms with Crippen LogP contribution in [0.25, 0.3) is 0 Å². The van der Waals surface area contributed by atoms with E-state index in [0.29, 0.717) is 52.0 Å². The van der Waals surface area contributed by atoms with E-state index in [2.05, 4.69) is 26.9 Å². The third-order valence-electron chi connectivity index (χ3n) is 4.53. The lowest BCUT2D eigenvalue weighted by Crippen LogP contribution is -2.17. The van der Waals surface area contributed by atoms with Gasteiger partial charge in [0.15, 0.2) is 0 Å². The van der Waals surface area contributed by atoms with E-state index in [1.807, 2.05) is 27.7 Å². The molecule has 2 aromatic heterocycles. The molecule has 0 bridgehead atoms. The van der Waals surface area contributed by atoms with Gasteiger partial charge in [0, 0.05) is 19.0 Å². The van der Waals surface area contributed by atoms with Crippen LogP contribution in [0.1, 0.15) is 60.0 Å². The Morgan fingerprint density at radius 2 is 1.23 bits per heavy atom. The Kier molecular flexibility index (Phi) is 11.0. The van der Waals surface area contributed by atoms with Gasteiger partial charge in [0.1, 0.15) is 23.5 Å². The van der Waals surface area contributed by atoms with Crippen molar-refractivity contribution in [1.29, 1.82) is 0 Å². The molecular formula is C24H31Cl4N4O3-. The zero-order valence-corrected chi connectivity index (χ0v) is 23.4. The normalized spacial score (nSPS) is 17.1. The molecule has 0 amide bonds. The monoisotopic (exact) mass is 565 g/mol. The van der Waals surface area contributed by atoms with Crippen LogP contribution in [0.15, 0.2) is 34.5 Å². The molecule has 0 saturated carbocycles. The van der Waals surface area contributed by atoms with Crippen LogP contribution in [0.5, 0.6) is 0 Å². The predicted molar refractivity (Wildman–Crippen MR) is 145 cm³/mol. The number of aliphatic imine (C=N–C) groups is 2. The maximum atomic E-state index is 8.07. The van der Waals surface area contributed by atoms with Gasteiger partial charge in [-0.1, -0.05) is 59.7 Å². The second-order valence-electron chi connectivity index (χ2n) is 9.11. The summed E-state index contributed by atoms with van der Waals surface area (Å²) in [7, 11) is 0. The molecule has 7 nitrogen and oxygen atoms in total. The van der Waals surface area contributed by atoms with E-state index in [-0.39, 0.29) is 12.5 Å². The molecule has 0 spiro atoms. The fourth-order valence-corrected chi connectivity index (χ4v) is 3.24. The van der Waals surface area contributed by atoms with E-state index in [0.717, 1.165) is 24.0 Å². The Balaban J connectivity index is 0.000000298. The van der Waals surface area contributed by atoms with E-state index in [1.54, 1.807) is 24.5 Å². The molecule has 2 aromatic rings. The summed E-state index contributed by atoms with van der Waals surface area (Å²) >= 11 is 23.2. The number of nitrogens with zero attached hydrogens (tertiary/aromatic N) is 4. The lowest BCUT2D eigenvalue weighted by Gasteiger charge is -2.07. The highest BCUT2D eigenvalue weighted by molar-refractivity contribution is 6.41. The molecule has 4 rings (SSSR count). The third kappa shape index (κ3) is 9.39. The van der Waals surface area contributed by atoms with Crippen molar-refractivity contribution in [1.82, 2.24) is 9.97 Å². The zero-order valence-electron chi connectivity index (χ0n) is 21.4. The highest BCUT2D eigenvalue weighted by Gasteiger charge is 2.28. The van der Waals surface area contributed by atoms with Gasteiger partial charge in [0.05, 0.1) is 32.3 Å². The smallest absolute Gasteiger partial charge is 0.218 e. The molecule has 11 heteroatoms. The Bertz CT molecular complexity index is 998. The van der Waals surface area contributed by atoms with Crippen LogP contribution in [0.2, 0.25) is 20.4 Å². The van der Waals surface area contributed by atoms with E-state index in [4.69, 9.17) is 61.0 Å². The summed E-state index contributed by atoms with van der Waals surface area (Å²) in [5, 5.41) is 9.46. The second kappa shape index (κ2) is 13.1. The van der Waals surface area contributed by atoms with Gasteiger partial charge in [-0.2, -0.15) is 0 Å². The van der Waals surface area contributed by atoms with Crippen molar-refractivity contribution in [2.24, 2.45) is 9.98 Å². The van der Waals surface area contributed by atoms with Gasteiger partial charge in [-0.25, -0.2) is 20.0 Å². The quantitative estimate of drug-likeness (QED) is 0.412. The number of pyridine rings is 2. The Morgan fingerprint density at radius 3 is 1.46 bits per heavy atom. The molecule has 4 heterocycles. The van der Waals surface area contributed by atoms with Gasteiger partial charge in [-0.15, -0.1) is 0 Å². The lowest BCUT2D eigenvalue weighted by molar-refractivity contribution is 0.279. The first kappa shape index (κ1) is 29.6. The first-order valence-corrected chi connectivity index (χ1v) is 12.6. The average Bonchev–Trinajstić information content (AvgIpc) is 3.34. The van der Waals surface area contributed by atoms with Crippen LogP contribution >= 0.6 is 46.4 Å². The van der Waals surface area contributed by atoms with Crippen LogP contribution in [-0.2, 0) is 9.47 Å². The van der Waals surface area contributed by atoms with E-state index in [9.17, 15) is 0 Å². The molecule has 0 atom stereocenters. The van der Waals surface area contributed by atoms with Crippen molar-refractivity contribution in [3.05, 3.63) is 56.0 Å². The zero-order chi connectivity index (χ0) is 26.2. The Labute approximate surface area is 228 Å². The molecule has 2 aliphatic rings. The highest BCUT2D eigenvalue weighted by Crippen LogP contribution is 2.25. The lowest BCUT2D eigenvalue weighted by atomic mass is 10.1. The van der Waals surface area contributed by atoms with Crippen LogP contribution in [0.4, 0.5) is 0 Å². The molecule has 0 radical (unpaired) electrons. The van der Waals surface area contributed by atoms with Crippen molar-refractivity contribution in [2.45, 2.75) is 58.5 Å². The molecule has 0 aliphatic carbocycles. The molecule has 35 heavy (non-hydrogen) atoms. The van der Waals surface area contributed by atoms with Gasteiger partial charge in [-0.3, -0.25) is 0 Å². The minimum absolute atomic E-state index is 0. The fourth-order valence-electron chi connectivity index (χ4n) is 2.70. The highest BCUT2D eigenvalue weighted by atomic mass is 35.5. The number of hydrogen-bond acceptors (Lipinski definition) is 7. The number of aliphatic hydroxyl groups excluding tert-OH is 1. The SMILES string of the molecule is CC1(C)COC(c2cnc(Cl)c(Cl)c2)=N1.CC1(C)COC(c2cnc(Cl)c(Cl)c2)=N1.CCCCO.[3H-]. The van der Waals surface area contributed by atoms with Gasteiger partial charge < -0.3 is 16.0 Å². The average molecular weight is 567 g/mol. The number of aliphatic hydroxyl groups is 1. The first-order chi connectivity index (χ1) is 16.4. The number of unbranched alkanes of at least 4 members (excludes halogenated alkanes) is 1. The van der Waals surface area contributed by atoms with Crippen molar-refractivity contribution in [3.63, 3.8) is 0 Å². The third-order valence-corrected chi connectivity index (χ3v) is 5.90. The molecule has 1 N–H and O–H groups in total. The molecule has 0 saturated heterocycles. The van der Waals surface area contributed by atoms with Crippen LogP contribution < -0.4 is 0 Å². The Morgan fingerprint density at radius 1 is 0.829 bits per heavy atom. The van der Waals surface area contributed by atoms with Crippen molar-refractivity contribution in [3.8, 4) is 0 Å². The summed E-state index contributed by atoms with van der Waals surface area (Å²) in [6, 6.07) is 3.41. The summed E-state index contributed by atoms with van der Waals surface area (Å²) in [6.45, 7) is 11.6. The number of hydrogen-bond donors (Lipinski definition) is 1. The number of aromatic nitrogens is 2. The molecule has 194 valence electrons. The van der Waals surface area contributed by atoms with Gasteiger partial charge in [0.2, 0.25) is 11.8 Å². The largest absolute Gasteiger partial charge is 1.00 e. The van der Waals surface area contributed by atoms with Gasteiger partial charge in [0.25, 0.3) is 0 Å².